The molecule has 0 spiro atoms. The van der Waals surface area contributed by atoms with Gasteiger partial charge in [-0.2, -0.15) is 5.10 Å². The lowest BCUT2D eigenvalue weighted by Crippen LogP contribution is -2.29. The molecule has 0 unspecified atom stereocenters. The highest BCUT2D eigenvalue weighted by atomic mass is 16.5. The van der Waals surface area contributed by atoms with Crippen LogP contribution in [0, 0.1) is 0 Å². The van der Waals surface area contributed by atoms with Gasteiger partial charge in [-0.15, -0.1) is 0 Å². The van der Waals surface area contributed by atoms with Crippen LogP contribution >= 0.6 is 0 Å². The van der Waals surface area contributed by atoms with Crippen LogP contribution in [0.3, 0.4) is 0 Å². The Morgan fingerprint density at radius 2 is 2.25 bits per heavy atom. The number of carbonyl (C=O) groups excluding carboxylic acids is 1. The number of carboxylic acid groups (broad SMARTS) is 1. The number of rotatable bonds is 2. The number of ether oxygens (including phenoxy) is 1. The van der Waals surface area contributed by atoms with Crippen LogP contribution in [0.4, 0.5) is 4.79 Å². The second-order valence-electron chi connectivity index (χ2n) is 4.16. The average molecular weight is 274 g/mol. The molecule has 0 saturated heterocycles. The molecule has 0 radical (unpaired) electrons. The number of hydrogen-bond acceptors (Lipinski definition) is 5. The van der Waals surface area contributed by atoms with Gasteiger partial charge in [0.25, 0.3) is 5.91 Å². The Hall–Kier alpha value is -2.90. The third kappa shape index (κ3) is 1.78. The maximum absolute atomic E-state index is 11.8. The Labute approximate surface area is 113 Å². The Balaban J connectivity index is 1.92. The molecule has 0 fully saturated rings. The molecule has 0 aliphatic carbocycles. The Morgan fingerprint density at radius 1 is 1.45 bits per heavy atom. The molecule has 102 valence electrons. The number of pyridine rings is 1. The zero-order valence-electron chi connectivity index (χ0n) is 10.5. The van der Waals surface area contributed by atoms with Crippen LogP contribution in [-0.4, -0.2) is 43.9 Å². The van der Waals surface area contributed by atoms with Gasteiger partial charge in [-0.25, -0.2) is 19.4 Å². The highest BCUT2D eigenvalue weighted by Gasteiger charge is 2.35. The Bertz CT molecular complexity index is 692. The summed E-state index contributed by atoms with van der Waals surface area (Å²) in [4.78, 5) is 27.6. The maximum atomic E-state index is 11.8. The van der Waals surface area contributed by atoms with Gasteiger partial charge < -0.3 is 9.84 Å². The van der Waals surface area contributed by atoms with Crippen molar-refractivity contribution >= 4 is 12.0 Å². The molecule has 0 saturated carbocycles. The largest absolute Gasteiger partial charge is 0.495 e. The number of nitrogens with zero attached hydrogens (tertiary/aromatic N) is 4. The van der Waals surface area contributed by atoms with Crippen molar-refractivity contribution in [3.63, 3.8) is 0 Å². The standard InChI is InChI=1S/C12H10N4O4/c1-20-7-2-3-10(13-4-7)16-5-8-9(14-16)6-15(11(8)17)12(18)19/h2-5H,6H2,1H3,(H,18,19). The first-order valence-electron chi connectivity index (χ1n) is 5.74. The summed E-state index contributed by atoms with van der Waals surface area (Å²) in [6.45, 7) is -0.0351. The topological polar surface area (TPSA) is 97.5 Å². The third-order valence-corrected chi connectivity index (χ3v) is 3.00. The zero-order valence-corrected chi connectivity index (χ0v) is 10.5. The molecule has 1 N–H and O–H groups in total. The molecule has 20 heavy (non-hydrogen) atoms. The fraction of sp³-hybridized carbons (Fsp3) is 0.167. The molecule has 1 aliphatic heterocycles. The van der Waals surface area contributed by atoms with Gasteiger partial charge in [-0.3, -0.25) is 4.79 Å². The summed E-state index contributed by atoms with van der Waals surface area (Å²) in [5.74, 6) is 0.573. The molecule has 1 aliphatic rings. The van der Waals surface area contributed by atoms with Gasteiger partial charge in [0.05, 0.1) is 31.1 Å². The Kier molecular flexibility index (Phi) is 2.63. The molecular weight excluding hydrogens is 264 g/mol. The van der Waals surface area contributed by atoms with Crippen LogP contribution in [0.2, 0.25) is 0 Å². The first-order chi connectivity index (χ1) is 9.60. The summed E-state index contributed by atoms with van der Waals surface area (Å²) < 4.78 is 6.45. The second-order valence-corrected chi connectivity index (χ2v) is 4.16. The minimum Gasteiger partial charge on any atom is -0.495 e. The molecule has 3 heterocycles. The zero-order chi connectivity index (χ0) is 14.3. The fourth-order valence-electron chi connectivity index (χ4n) is 1.97. The molecule has 0 aromatic carbocycles. The van der Waals surface area contributed by atoms with Crippen LogP contribution < -0.4 is 4.74 Å². The number of amides is 2. The fourth-order valence-corrected chi connectivity index (χ4v) is 1.97. The minimum atomic E-state index is -1.28. The van der Waals surface area contributed by atoms with Crippen molar-refractivity contribution in [1.29, 1.82) is 0 Å². The first kappa shape index (κ1) is 12.2. The van der Waals surface area contributed by atoms with E-state index in [9.17, 15) is 9.59 Å². The average Bonchev–Trinajstić information content (AvgIpc) is 2.99. The first-order valence-corrected chi connectivity index (χ1v) is 5.74. The van der Waals surface area contributed by atoms with Crippen molar-refractivity contribution in [3.05, 3.63) is 35.8 Å². The third-order valence-electron chi connectivity index (χ3n) is 3.00. The molecule has 2 aromatic heterocycles. The van der Waals surface area contributed by atoms with Crippen molar-refractivity contribution in [2.45, 2.75) is 6.54 Å². The van der Waals surface area contributed by atoms with Crippen molar-refractivity contribution < 1.29 is 19.4 Å². The van der Waals surface area contributed by atoms with E-state index in [-0.39, 0.29) is 12.1 Å². The smallest absolute Gasteiger partial charge is 0.414 e. The van der Waals surface area contributed by atoms with E-state index < -0.39 is 12.0 Å². The molecule has 0 bridgehead atoms. The molecular formula is C12H10N4O4. The number of methoxy groups -OCH3 is 1. The van der Waals surface area contributed by atoms with Gasteiger partial charge in [-0.1, -0.05) is 0 Å². The second kappa shape index (κ2) is 4.34. The monoisotopic (exact) mass is 274 g/mol. The van der Waals surface area contributed by atoms with Crippen LogP contribution in [-0.2, 0) is 6.54 Å². The lowest BCUT2D eigenvalue weighted by atomic mass is 10.3. The summed E-state index contributed by atoms with van der Waals surface area (Å²) in [7, 11) is 1.54. The van der Waals surface area contributed by atoms with Gasteiger partial charge in [0.15, 0.2) is 5.82 Å². The molecule has 8 heteroatoms. The highest BCUT2D eigenvalue weighted by molar-refractivity contribution is 6.05. The van der Waals surface area contributed by atoms with Crippen LogP contribution in [0.5, 0.6) is 5.75 Å². The summed E-state index contributed by atoms with van der Waals surface area (Å²) in [5.41, 5.74) is 0.708. The van der Waals surface area contributed by atoms with Crippen molar-refractivity contribution in [3.8, 4) is 11.6 Å². The molecule has 2 amide bonds. The molecule has 2 aromatic rings. The van der Waals surface area contributed by atoms with E-state index in [2.05, 4.69) is 10.1 Å². The van der Waals surface area contributed by atoms with E-state index in [1.54, 1.807) is 12.1 Å². The van der Waals surface area contributed by atoms with Crippen LogP contribution in [0.15, 0.2) is 24.5 Å². The summed E-state index contributed by atoms with van der Waals surface area (Å²) in [5, 5.41) is 13.0. The molecule has 8 nitrogen and oxygen atoms in total. The molecule has 0 atom stereocenters. The van der Waals surface area contributed by atoms with Crippen molar-refractivity contribution in [2.75, 3.05) is 7.11 Å². The van der Waals surface area contributed by atoms with E-state index in [0.717, 1.165) is 4.90 Å². The van der Waals surface area contributed by atoms with Gasteiger partial charge in [0, 0.05) is 6.20 Å². The lowest BCUT2D eigenvalue weighted by Gasteiger charge is -2.08. The van der Waals surface area contributed by atoms with E-state index in [1.165, 1.54) is 24.2 Å². The number of hydrogen-bond donors (Lipinski definition) is 1. The summed E-state index contributed by atoms with van der Waals surface area (Å²) in [6.07, 6.45) is 1.74. The maximum Gasteiger partial charge on any atom is 0.414 e. The normalized spacial score (nSPS) is 13.4. The Morgan fingerprint density at radius 3 is 2.80 bits per heavy atom. The van der Waals surface area contributed by atoms with E-state index in [1.807, 2.05) is 0 Å². The number of aromatic nitrogens is 3. The minimum absolute atomic E-state index is 0.0351. The predicted octanol–water partition coefficient (Wildman–Crippen LogP) is 0.910. The van der Waals surface area contributed by atoms with Gasteiger partial charge in [0.1, 0.15) is 5.75 Å². The molecule has 3 rings (SSSR count). The van der Waals surface area contributed by atoms with E-state index in [4.69, 9.17) is 9.84 Å². The quantitative estimate of drug-likeness (QED) is 0.874. The predicted molar refractivity (Wildman–Crippen MR) is 65.8 cm³/mol. The van der Waals surface area contributed by atoms with Gasteiger partial charge >= 0.3 is 6.09 Å². The van der Waals surface area contributed by atoms with Crippen molar-refractivity contribution in [1.82, 2.24) is 19.7 Å². The van der Waals surface area contributed by atoms with E-state index >= 15 is 0 Å². The number of imide groups is 1. The van der Waals surface area contributed by atoms with Crippen LogP contribution in [0.1, 0.15) is 16.1 Å². The lowest BCUT2D eigenvalue weighted by molar-refractivity contribution is 0.0761. The SMILES string of the molecule is COc1ccc(-n2cc3c(n2)CN(C(=O)O)C3=O)nc1. The summed E-state index contributed by atoms with van der Waals surface area (Å²) >= 11 is 0. The number of fused-ring (bicyclic) bond motifs is 1. The van der Waals surface area contributed by atoms with Gasteiger partial charge in [0.2, 0.25) is 0 Å². The highest BCUT2D eigenvalue weighted by Crippen LogP contribution is 2.23. The van der Waals surface area contributed by atoms with Crippen molar-refractivity contribution in [2.24, 2.45) is 0 Å². The van der Waals surface area contributed by atoms with E-state index in [0.29, 0.717) is 17.3 Å². The number of carbonyl (C=O) groups is 2. The summed E-state index contributed by atoms with van der Waals surface area (Å²) in [6, 6.07) is 3.42. The van der Waals surface area contributed by atoms with Crippen LogP contribution in [0.25, 0.3) is 5.82 Å². The van der Waals surface area contributed by atoms with Gasteiger partial charge in [-0.05, 0) is 12.1 Å².